The summed E-state index contributed by atoms with van der Waals surface area (Å²) >= 11 is 0. The topological polar surface area (TPSA) is 49.4 Å². The first-order valence-electron chi connectivity index (χ1n) is 8.52. The fourth-order valence-corrected chi connectivity index (χ4v) is 2.57. The summed E-state index contributed by atoms with van der Waals surface area (Å²) in [7, 11) is 0. The number of nitrogens with one attached hydrogen (secondary N) is 1. The van der Waals surface area contributed by atoms with Crippen LogP contribution in [-0.2, 0) is 22.2 Å². The lowest BCUT2D eigenvalue weighted by Crippen LogP contribution is -2.33. The Balaban J connectivity index is 1.87. The molecule has 2 aromatic carbocycles. The summed E-state index contributed by atoms with van der Waals surface area (Å²) < 4.78 is 38.1. The van der Waals surface area contributed by atoms with E-state index in [0.717, 1.165) is 17.7 Å². The van der Waals surface area contributed by atoms with Crippen molar-refractivity contribution in [3.63, 3.8) is 0 Å². The number of anilines is 1. The van der Waals surface area contributed by atoms with Crippen molar-refractivity contribution >= 4 is 17.5 Å². The predicted octanol–water partition coefficient (Wildman–Crippen LogP) is 4.13. The zero-order valence-electron chi connectivity index (χ0n) is 14.9. The van der Waals surface area contributed by atoms with Gasteiger partial charge in [0.1, 0.15) is 0 Å². The molecule has 0 saturated heterocycles. The van der Waals surface area contributed by atoms with Crippen LogP contribution >= 0.6 is 0 Å². The van der Waals surface area contributed by atoms with E-state index >= 15 is 0 Å². The van der Waals surface area contributed by atoms with Crippen molar-refractivity contribution in [3.8, 4) is 0 Å². The number of rotatable bonds is 7. The molecule has 0 heterocycles. The summed E-state index contributed by atoms with van der Waals surface area (Å²) in [5.74, 6) is -0.599. The van der Waals surface area contributed by atoms with Gasteiger partial charge in [-0.25, -0.2) is 0 Å². The number of amides is 2. The van der Waals surface area contributed by atoms with Gasteiger partial charge < -0.3 is 10.2 Å². The average Bonchev–Trinajstić information content (AvgIpc) is 2.61. The van der Waals surface area contributed by atoms with Gasteiger partial charge in [0.15, 0.2) is 0 Å². The van der Waals surface area contributed by atoms with E-state index in [1.807, 2.05) is 30.3 Å². The first kappa shape index (κ1) is 20.5. The number of hydrogen-bond acceptors (Lipinski definition) is 2. The van der Waals surface area contributed by atoms with Crippen molar-refractivity contribution in [2.75, 3.05) is 18.4 Å². The minimum atomic E-state index is -4.47. The van der Waals surface area contributed by atoms with Crippen LogP contribution in [0.4, 0.5) is 18.9 Å². The van der Waals surface area contributed by atoms with E-state index in [0.29, 0.717) is 13.0 Å². The molecule has 0 spiro atoms. The van der Waals surface area contributed by atoms with Crippen molar-refractivity contribution in [3.05, 3.63) is 65.7 Å². The molecule has 144 valence electrons. The molecule has 4 nitrogen and oxygen atoms in total. The second-order valence-electron chi connectivity index (χ2n) is 6.12. The molecule has 2 amide bonds. The molecule has 0 saturated carbocycles. The van der Waals surface area contributed by atoms with Crippen LogP contribution in [0.15, 0.2) is 54.6 Å². The minimum absolute atomic E-state index is 0.00458. The lowest BCUT2D eigenvalue weighted by Gasteiger charge is -2.21. The van der Waals surface area contributed by atoms with Gasteiger partial charge in [-0.15, -0.1) is 0 Å². The Morgan fingerprint density at radius 3 is 2.33 bits per heavy atom. The normalized spacial score (nSPS) is 11.1. The molecule has 0 atom stereocenters. The SMILES string of the molecule is CC(=O)N(CCC(=O)Nc1cccc(C(F)(F)F)c1)CCc1ccccc1. The molecule has 0 bridgehead atoms. The molecule has 0 aliphatic carbocycles. The average molecular weight is 378 g/mol. The summed E-state index contributed by atoms with van der Waals surface area (Å²) in [6.45, 7) is 2.10. The van der Waals surface area contributed by atoms with E-state index in [2.05, 4.69) is 5.32 Å². The van der Waals surface area contributed by atoms with E-state index in [-0.39, 0.29) is 24.6 Å². The van der Waals surface area contributed by atoms with Crippen LogP contribution < -0.4 is 5.32 Å². The maximum absolute atomic E-state index is 12.7. The third-order valence-corrected chi connectivity index (χ3v) is 4.04. The van der Waals surface area contributed by atoms with E-state index in [1.165, 1.54) is 19.1 Å². The largest absolute Gasteiger partial charge is 0.416 e. The predicted molar refractivity (Wildman–Crippen MR) is 97.1 cm³/mol. The molecule has 0 aliphatic heterocycles. The molecule has 0 fully saturated rings. The number of halogens is 3. The fourth-order valence-electron chi connectivity index (χ4n) is 2.57. The number of alkyl halides is 3. The quantitative estimate of drug-likeness (QED) is 0.788. The second kappa shape index (κ2) is 9.21. The Morgan fingerprint density at radius 1 is 1.00 bits per heavy atom. The molecule has 0 radical (unpaired) electrons. The highest BCUT2D eigenvalue weighted by molar-refractivity contribution is 5.91. The molecule has 0 unspecified atom stereocenters. The summed E-state index contributed by atoms with van der Waals surface area (Å²) in [5.41, 5.74) is 0.333. The second-order valence-corrected chi connectivity index (χ2v) is 6.12. The highest BCUT2D eigenvalue weighted by atomic mass is 19.4. The lowest BCUT2D eigenvalue weighted by atomic mass is 10.1. The van der Waals surface area contributed by atoms with Crippen LogP contribution in [0.3, 0.4) is 0 Å². The van der Waals surface area contributed by atoms with Crippen LogP contribution in [0.2, 0.25) is 0 Å². The lowest BCUT2D eigenvalue weighted by molar-refractivity contribution is -0.137. The Labute approximate surface area is 156 Å². The molecular formula is C20H21F3N2O2. The van der Waals surface area contributed by atoms with Gasteiger partial charge in [-0.1, -0.05) is 36.4 Å². The number of hydrogen-bond donors (Lipinski definition) is 1. The summed E-state index contributed by atoms with van der Waals surface area (Å²) in [6, 6.07) is 14.1. The molecule has 2 rings (SSSR count). The first-order valence-corrected chi connectivity index (χ1v) is 8.52. The minimum Gasteiger partial charge on any atom is -0.342 e. The van der Waals surface area contributed by atoms with Gasteiger partial charge in [0.05, 0.1) is 5.56 Å². The van der Waals surface area contributed by atoms with Gasteiger partial charge >= 0.3 is 6.18 Å². The molecule has 1 N–H and O–H groups in total. The fraction of sp³-hybridized carbons (Fsp3) is 0.300. The number of carbonyl (C=O) groups excluding carboxylic acids is 2. The highest BCUT2D eigenvalue weighted by Gasteiger charge is 2.30. The number of nitrogens with zero attached hydrogens (tertiary/aromatic N) is 1. The Morgan fingerprint density at radius 2 is 1.70 bits per heavy atom. The Bertz CT molecular complexity index is 776. The van der Waals surface area contributed by atoms with Crippen molar-refractivity contribution in [1.82, 2.24) is 4.90 Å². The molecule has 0 aliphatic rings. The monoisotopic (exact) mass is 378 g/mol. The van der Waals surface area contributed by atoms with Crippen molar-refractivity contribution in [2.45, 2.75) is 25.9 Å². The molecular weight excluding hydrogens is 357 g/mol. The standard InChI is InChI=1S/C20H21F3N2O2/c1-15(26)25(12-10-16-6-3-2-4-7-16)13-11-19(27)24-18-9-5-8-17(14-18)20(21,22)23/h2-9,14H,10-13H2,1H3,(H,24,27). The van der Waals surface area contributed by atoms with Gasteiger partial charge in [0.25, 0.3) is 0 Å². The Kier molecular flexibility index (Phi) is 6.98. The van der Waals surface area contributed by atoms with E-state index in [4.69, 9.17) is 0 Å². The van der Waals surface area contributed by atoms with Gasteiger partial charge in [-0.2, -0.15) is 13.2 Å². The summed E-state index contributed by atoms with van der Waals surface area (Å²) in [4.78, 5) is 25.4. The van der Waals surface area contributed by atoms with Crippen LogP contribution in [-0.4, -0.2) is 29.8 Å². The zero-order valence-corrected chi connectivity index (χ0v) is 14.9. The van der Waals surface area contributed by atoms with Crippen molar-refractivity contribution in [1.29, 1.82) is 0 Å². The van der Waals surface area contributed by atoms with Gasteiger partial charge in [-0.3, -0.25) is 9.59 Å². The van der Waals surface area contributed by atoms with Gasteiger partial charge in [0.2, 0.25) is 11.8 Å². The third kappa shape index (κ3) is 6.77. The van der Waals surface area contributed by atoms with Crippen molar-refractivity contribution in [2.24, 2.45) is 0 Å². The van der Waals surface area contributed by atoms with Crippen LogP contribution in [0.25, 0.3) is 0 Å². The maximum Gasteiger partial charge on any atom is 0.416 e. The molecule has 2 aromatic rings. The molecule has 7 heteroatoms. The third-order valence-electron chi connectivity index (χ3n) is 4.04. The van der Waals surface area contributed by atoms with E-state index in [9.17, 15) is 22.8 Å². The zero-order chi connectivity index (χ0) is 19.9. The van der Waals surface area contributed by atoms with Crippen LogP contribution in [0, 0.1) is 0 Å². The number of benzene rings is 2. The van der Waals surface area contributed by atoms with Crippen LogP contribution in [0.1, 0.15) is 24.5 Å². The van der Waals surface area contributed by atoms with E-state index in [1.54, 1.807) is 4.90 Å². The highest BCUT2D eigenvalue weighted by Crippen LogP contribution is 2.30. The van der Waals surface area contributed by atoms with Crippen LogP contribution in [0.5, 0.6) is 0 Å². The number of carbonyl (C=O) groups is 2. The smallest absolute Gasteiger partial charge is 0.342 e. The molecule has 27 heavy (non-hydrogen) atoms. The summed E-state index contributed by atoms with van der Waals surface area (Å²) in [6.07, 6.45) is -3.80. The summed E-state index contributed by atoms with van der Waals surface area (Å²) in [5, 5.41) is 2.45. The van der Waals surface area contributed by atoms with Gasteiger partial charge in [-0.05, 0) is 30.2 Å². The Hall–Kier alpha value is -2.83. The van der Waals surface area contributed by atoms with Gasteiger partial charge in [0, 0.05) is 32.1 Å². The maximum atomic E-state index is 12.7. The molecule has 0 aromatic heterocycles. The van der Waals surface area contributed by atoms with Crippen molar-refractivity contribution < 1.29 is 22.8 Å². The van der Waals surface area contributed by atoms with E-state index < -0.39 is 17.6 Å². The first-order chi connectivity index (χ1) is 12.8.